The van der Waals surface area contributed by atoms with Crippen molar-refractivity contribution in [1.29, 1.82) is 0 Å². The Morgan fingerprint density at radius 3 is 2.40 bits per heavy atom. The summed E-state index contributed by atoms with van der Waals surface area (Å²) in [6.07, 6.45) is 2.34. The molecule has 6 heteroatoms. The van der Waals surface area contributed by atoms with Gasteiger partial charge >= 0.3 is 12.0 Å². The summed E-state index contributed by atoms with van der Waals surface area (Å²) in [6, 6.07) is -0.218. The van der Waals surface area contributed by atoms with E-state index in [0.717, 1.165) is 12.8 Å². The minimum atomic E-state index is -0.892. The third kappa shape index (κ3) is 5.36. The molecule has 3 unspecified atom stereocenters. The minimum absolute atomic E-state index is 0.210. The number of aliphatic carboxylic acids is 1. The third-order valence-electron chi connectivity index (χ3n) is 3.65. The molecule has 0 bridgehead atoms. The van der Waals surface area contributed by atoms with E-state index < -0.39 is 11.9 Å². The molecule has 0 spiro atoms. The highest BCUT2D eigenvalue weighted by Crippen LogP contribution is 2.23. The van der Waals surface area contributed by atoms with E-state index in [9.17, 15) is 9.59 Å². The zero-order chi connectivity index (χ0) is 15.3. The number of nitrogens with one attached hydrogen (secondary N) is 1. The largest absolute Gasteiger partial charge is 0.481 e. The summed E-state index contributed by atoms with van der Waals surface area (Å²) in [5.74, 6) is -1.03. The van der Waals surface area contributed by atoms with E-state index in [1.54, 1.807) is 14.0 Å². The van der Waals surface area contributed by atoms with Crippen LogP contribution in [-0.4, -0.2) is 54.4 Å². The van der Waals surface area contributed by atoms with Gasteiger partial charge in [-0.15, -0.1) is 0 Å². The van der Waals surface area contributed by atoms with E-state index >= 15 is 0 Å². The van der Waals surface area contributed by atoms with Crippen LogP contribution in [0.4, 0.5) is 4.79 Å². The second-order valence-corrected chi connectivity index (χ2v) is 5.90. The predicted molar refractivity (Wildman–Crippen MR) is 75.6 cm³/mol. The standard InChI is InChI=1S/C14H26N2O4/c1-9(13(17)18)8-16(4)14(19)15-7-12-5-10(2)20-11(3)6-12/h9-12H,5-8H2,1-4H3,(H,15,19)(H,17,18). The summed E-state index contributed by atoms with van der Waals surface area (Å²) in [5.41, 5.74) is 0. The Labute approximate surface area is 120 Å². The Kier molecular flexibility index (Phi) is 6.26. The number of nitrogens with zero attached hydrogens (tertiary/aromatic N) is 1. The van der Waals surface area contributed by atoms with E-state index in [1.807, 2.05) is 13.8 Å². The molecule has 2 amide bonds. The van der Waals surface area contributed by atoms with E-state index in [2.05, 4.69) is 5.32 Å². The Morgan fingerprint density at radius 2 is 1.90 bits per heavy atom. The number of carbonyl (C=O) groups is 2. The van der Waals surface area contributed by atoms with Crippen LogP contribution in [0.5, 0.6) is 0 Å². The van der Waals surface area contributed by atoms with Gasteiger partial charge in [0.25, 0.3) is 0 Å². The molecule has 0 saturated carbocycles. The zero-order valence-corrected chi connectivity index (χ0v) is 12.8. The molecule has 1 aliphatic rings. The monoisotopic (exact) mass is 286 g/mol. The number of carbonyl (C=O) groups excluding carboxylic acids is 1. The first-order valence-electron chi connectivity index (χ1n) is 7.16. The van der Waals surface area contributed by atoms with Gasteiger partial charge in [-0.25, -0.2) is 4.79 Å². The number of rotatable bonds is 5. The van der Waals surface area contributed by atoms with Gasteiger partial charge in [-0.2, -0.15) is 0 Å². The molecule has 3 atom stereocenters. The van der Waals surface area contributed by atoms with Gasteiger partial charge < -0.3 is 20.1 Å². The summed E-state index contributed by atoms with van der Waals surface area (Å²) >= 11 is 0. The molecule has 1 saturated heterocycles. The number of hydrogen-bond acceptors (Lipinski definition) is 3. The molecule has 1 heterocycles. The first-order chi connectivity index (χ1) is 9.29. The topological polar surface area (TPSA) is 78.9 Å². The average molecular weight is 286 g/mol. The molecule has 6 nitrogen and oxygen atoms in total. The van der Waals surface area contributed by atoms with Gasteiger partial charge in [-0.1, -0.05) is 6.92 Å². The second kappa shape index (κ2) is 7.47. The highest BCUT2D eigenvalue weighted by atomic mass is 16.5. The molecule has 0 aromatic heterocycles. The summed E-state index contributed by atoms with van der Waals surface area (Å²) in [7, 11) is 1.62. The molecular weight excluding hydrogens is 260 g/mol. The lowest BCUT2D eigenvalue weighted by Crippen LogP contribution is -2.44. The van der Waals surface area contributed by atoms with Crippen molar-refractivity contribution in [2.24, 2.45) is 11.8 Å². The lowest BCUT2D eigenvalue weighted by atomic mass is 9.92. The highest BCUT2D eigenvalue weighted by Gasteiger charge is 2.25. The maximum Gasteiger partial charge on any atom is 0.317 e. The fourth-order valence-electron chi connectivity index (χ4n) is 2.65. The molecule has 0 aromatic carbocycles. The normalized spacial score (nSPS) is 27.7. The second-order valence-electron chi connectivity index (χ2n) is 5.90. The molecule has 20 heavy (non-hydrogen) atoms. The third-order valence-corrected chi connectivity index (χ3v) is 3.65. The van der Waals surface area contributed by atoms with Gasteiger partial charge in [0, 0.05) is 20.1 Å². The first kappa shape index (κ1) is 16.8. The van der Waals surface area contributed by atoms with E-state index in [1.165, 1.54) is 4.90 Å². The highest BCUT2D eigenvalue weighted by molar-refractivity contribution is 5.75. The quantitative estimate of drug-likeness (QED) is 0.803. The van der Waals surface area contributed by atoms with Crippen molar-refractivity contribution in [3.05, 3.63) is 0 Å². The van der Waals surface area contributed by atoms with Crippen LogP contribution in [0.15, 0.2) is 0 Å². The maximum atomic E-state index is 11.9. The Bertz CT molecular complexity index is 338. The van der Waals surface area contributed by atoms with Crippen LogP contribution in [0.2, 0.25) is 0 Å². The van der Waals surface area contributed by atoms with Crippen molar-refractivity contribution in [2.45, 2.75) is 45.8 Å². The van der Waals surface area contributed by atoms with Crippen molar-refractivity contribution in [2.75, 3.05) is 20.1 Å². The van der Waals surface area contributed by atoms with Crippen LogP contribution in [0.25, 0.3) is 0 Å². The van der Waals surface area contributed by atoms with E-state index in [0.29, 0.717) is 12.5 Å². The lowest BCUT2D eigenvalue weighted by Gasteiger charge is -2.32. The molecule has 1 aliphatic heterocycles. The van der Waals surface area contributed by atoms with Gasteiger partial charge in [-0.05, 0) is 32.6 Å². The summed E-state index contributed by atoms with van der Waals surface area (Å²) in [5, 5.41) is 11.7. The SMILES string of the molecule is CC1CC(CNC(=O)N(C)CC(C)C(=O)O)CC(C)O1. The Balaban J connectivity index is 2.33. The molecule has 2 N–H and O–H groups in total. The number of hydrogen-bond donors (Lipinski definition) is 2. The predicted octanol–water partition coefficient (Wildman–Crippen LogP) is 1.55. The van der Waals surface area contributed by atoms with Crippen LogP contribution in [0.3, 0.4) is 0 Å². The first-order valence-corrected chi connectivity index (χ1v) is 7.16. The lowest BCUT2D eigenvalue weighted by molar-refractivity contribution is -0.141. The van der Waals surface area contributed by atoms with Crippen LogP contribution >= 0.6 is 0 Å². The summed E-state index contributed by atoms with van der Waals surface area (Å²) < 4.78 is 5.66. The van der Waals surface area contributed by atoms with Crippen LogP contribution < -0.4 is 5.32 Å². The summed E-state index contributed by atoms with van der Waals surface area (Å²) in [4.78, 5) is 24.1. The minimum Gasteiger partial charge on any atom is -0.481 e. The number of amides is 2. The molecule has 1 fully saturated rings. The number of carboxylic acids is 1. The molecule has 0 radical (unpaired) electrons. The van der Waals surface area contributed by atoms with Gasteiger partial charge in [0.2, 0.25) is 0 Å². The van der Waals surface area contributed by atoms with Gasteiger partial charge in [0.1, 0.15) is 0 Å². The van der Waals surface area contributed by atoms with E-state index in [4.69, 9.17) is 9.84 Å². The number of urea groups is 1. The molecular formula is C14H26N2O4. The Morgan fingerprint density at radius 1 is 1.35 bits per heavy atom. The number of carboxylic acid groups (broad SMARTS) is 1. The fraction of sp³-hybridized carbons (Fsp3) is 0.857. The maximum absolute atomic E-state index is 11.9. The fourth-order valence-corrected chi connectivity index (χ4v) is 2.65. The molecule has 1 rings (SSSR count). The van der Waals surface area contributed by atoms with Crippen molar-refractivity contribution >= 4 is 12.0 Å². The van der Waals surface area contributed by atoms with Crippen molar-refractivity contribution in [3.8, 4) is 0 Å². The van der Waals surface area contributed by atoms with Crippen molar-refractivity contribution < 1.29 is 19.4 Å². The Hall–Kier alpha value is -1.30. The van der Waals surface area contributed by atoms with Gasteiger partial charge in [-0.3, -0.25) is 4.79 Å². The van der Waals surface area contributed by atoms with Gasteiger partial charge in [0.15, 0.2) is 0 Å². The van der Waals surface area contributed by atoms with Crippen LogP contribution in [0, 0.1) is 11.8 Å². The van der Waals surface area contributed by atoms with Crippen LogP contribution in [-0.2, 0) is 9.53 Å². The van der Waals surface area contributed by atoms with Crippen LogP contribution in [0.1, 0.15) is 33.6 Å². The molecule has 0 aliphatic carbocycles. The number of ether oxygens (including phenoxy) is 1. The molecule has 116 valence electrons. The van der Waals surface area contributed by atoms with Crippen molar-refractivity contribution in [1.82, 2.24) is 10.2 Å². The smallest absolute Gasteiger partial charge is 0.317 e. The average Bonchev–Trinajstić information content (AvgIpc) is 2.34. The summed E-state index contributed by atoms with van der Waals surface area (Å²) in [6.45, 7) is 6.51. The zero-order valence-electron chi connectivity index (χ0n) is 12.8. The van der Waals surface area contributed by atoms with Crippen molar-refractivity contribution in [3.63, 3.8) is 0 Å². The molecule has 0 aromatic rings. The van der Waals surface area contributed by atoms with Gasteiger partial charge in [0.05, 0.1) is 18.1 Å². The van der Waals surface area contributed by atoms with E-state index in [-0.39, 0.29) is 24.8 Å².